The molecule has 10 heteroatoms. The first-order valence-corrected chi connectivity index (χ1v) is 8.18. The van der Waals surface area contributed by atoms with Crippen molar-refractivity contribution in [1.29, 1.82) is 0 Å². The number of benzene rings is 2. The van der Waals surface area contributed by atoms with Crippen LogP contribution < -0.4 is 10.6 Å². The molecule has 2 aromatic carbocycles. The van der Waals surface area contributed by atoms with E-state index in [2.05, 4.69) is 19.4 Å². The molecular formula is C15H11N5O3S2. The predicted molar refractivity (Wildman–Crippen MR) is 98.9 cm³/mol. The van der Waals surface area contributed by atoms with Gasteiger partial charge in [-0.25, -0.2) is 0 Å². The van der Waals surface area contributed by atoms with Crippen molar-refractivity contribution in [2.24, 2.45) is 0 Å². The Balaban J connectivity index is 1.73. The summed E-state index contributed by atoms with van der Waals surface area (Å²) in [5, 5.41) is 16.4. The molecule has 1 aromatic heterocycles. The number of rotatable bonds is 3. The van der Waals surface area contributed by atoms with E-state index in [1.54, 1.807) is 37.3 Å². The van der Waals surface area contributed by atoms with Crippen LogP contribution in [-0.2, 0) is 0 Å². The minimum Gasteiger partial charge on any atom is -0.332 e. The van der Waals surface area contributed by atoms with Crippen molar-refractivity contribution >= 4 is 57.4 Å². The molecule has 0 saturated heterocycles. The molecule has 3 aromatic rings. The summed E-state index contributed by atoms with van der Waals surface area (Å²) in [6.07, 6.45) is 0. The largest absolute Gasteiger partial charge is 0.332 e. The monoisotopic (exact) mass is 373 g/mol. The second kappa shape index (κ2) is 6.87. The van der Waals surface area contributed by atoms with E-state index in [0.29, 0.717) is 22.3 Å². The van der Waals surface area contributed by atoms with E-state index >= 15 is 0 Å². The first kappa shape index (κ1) is 16.9. The van der Waals surface area contributed by atoms with E-state index in [0.717, 1.165) is 17.2 Å². The fraction of sp³-hybridized carbons (Fsp3) is 0.0667. The first-order chi connectivity index (χ1) is 12.0. The molecule has 0 atom stereocenters. The standard InChI is InChI=1S/C15H11N5O3S2/c1-8-10(3-2-4-13(8)20(22)23)16-15(24)17-14(21)9-5-6-11-12(7-9)19-25-18-11/h2-7H,1H3,(H2,16,17,21,24). The maximum atomic E-state index is 12.3. The second-order valence-electron chi connectivity index (χ2n) is 5.08. The zero-order valence-electron chi connectivity index (χ0n) is 12.8. The highest BCUT2D eigenvalue weighted by Crippen LogP contribution is 2.24. The third-order valence-corrected chi connectivity index (χ3v) is 4.25. The molecule has 0 bridgehead atoms. The number of hydrogen-bond donors (Lipinski definition) is 2. The van der Waals surface area contributed by atoms with Crippen molar-refractivity contribution in [1.82, 2.24) is 14.1 Å². The summed E-state index contributed by atoms with van der Waals surface area (Å²) in [5.74, 6) is -0.407. The predicted octanol–water partition coefficient (Wildman–Crippen LogP) is 3.03. The molecule has 1 amide bonds. The minimum absolute atomic E-state index is 0.0272. The van der Waals surface area contributed by atoms with Crippen molar-refractivity contribution in [3.63, 3.8) is 0 Å². The van der Waals surface area contributed by atoms with Gasteiger partial charge < -0.3 is 5.32 Å². The smallest absolute Gasteiger partial charge is 0.274 e. The Morgan fingerprint density at radius 3 is 2.76 bits per heavy atom. The zero-order valence-corrected chi connectivity index (χ0v) is 14.5. The quantitative estimate of drug-likeness (QED) is 0.412. The molecule has 0 aliphatic carbocycles. The third-order valence-electron chi connectivity index (χ3n) is 3.49. The lowest BCUT2D eigenvalue weighted by Crippen LogP contribution is -2.34. The molecule has 2 N–H and O–H groups in total. The number of aromatic nitrogens is 2. The molecule has 126 valence electrons. The number of hydrogen-bond acceptors (Lipinski definition) is 7. The molecule has 0 aliphatic rings. The van der Waals surface area contributed by atoms with E-state index in [1.165, 1.54) is 6.07 Å². The van der Waals surface area contributed by atoms with Gasteiger partial charge in [0.1, 0.15) is 11.0 Å². The molecule has 0 saturated carbocycles. The second-order valence-corrected chi connectivity index (χ2v) is 6.02. The fourth-order valence-electron chi connectivity index (χ4n) is 2.21. The van der Waals surface area contributed by atoms with E-state index in [-0.39, 0.29) is 10.8 Å². The molecule has 0 spiro atoms. The summed E-state index contributed by atoms with van der Waals surface area (Å²) >= 11 is 6.19. The van der Waals surface area contributed by atoms with Gasteiger partial charge >= 0.3 is 0 Å². The summed E-state index contributed by atoms with van der Waals surface area (Å²) in [6.45, 7) is 1.61. The molecule has 3 rings (SSSR count). The lowest BCUT2D eigenvalue weighted by atomic mass is 10.1. The Labute approximate surface area is 151 Å². The van der Waals surface area contributed by atoms with Gasteiger partial charge in [0.15, 0.2) is 5.11 Å². The number of nitrogens with one attached hydrogen (secondary N) is 2. The number of amides is 1. The van der Waals surface area contributed by atoms with Crippen LogP contribution in [0, 0.1) is 17.0 Å². The highest BCUT2D eigenvalue weighted by molar-refractivity contribution is 7.80. The van der Waals surface area contributed by atoms with Crippen LogP contribution in [0.3, 0.4) is 0 Å². The minimum atomic E-state index is -0.473. The van der Waals surface area contributed by atoms with Crippen molar-refractivity contribution in [2.75, 3.05) is 5.32 Å². The number of nitro benzene ring substituents is 1. The molecule has 0 fully saturated rings. The third kappa shape index (κ3) is 3.59. The Bertz CT molecular complexity index is 1000. The van der Waals surface area contributed by atoms with Crippen molar-refractivity contribution in [3.8, 4) is 0 Å². The number of carbonyl (C=O) groups is 1. The van der Waals surface area contributed by atoms with Crippen LogP contribution in [0.1, 0.15) is 15.9 Å². The molecule has 25 heavy (non-hydrogen) atoms. The van der Waals surface area contributed by atoms with Gasteiger partial charge in [-0.05, 0) is 43.4 Å². The lowest BCUT2D eigenvalue weighted by molar-refractivity contribution is -0.385. The van der Waals surface area contributed by atoms with Crippen molar-refractivity contribution in [2.45, 2.75) is 6.92 Å². The van der Waals surface area contributed by atoms with Crippen LogP contribution in [0.2, 0.25) is 0 Å². The fourth-order valence-corrected chi connectivity index (χ4v) is 2.93. The highest BCUT2D eigenvalue weighted by atomic mass is 32.1. The Kier molecular flexibility index (Phi) is 4.63. The van der Waals surface area contributed by atoms with E-state index < -0.39 is 10.8 Å². The molecular weight excluding hydrogens is 362 g/mol. The Hall–Kier alpha value is -2.98. The van der Waals surface area contributed by atoms with Gasteiger partial charge in [-0.3, -0.25) is 20.2 Å². The topological polar surface area (TPSA) is 110 Å². The summed E-state index contributed by atoms with van der Waals surface area (Å²) in [5.41, 5.74) is 2.60. The van der Waals surface area contributed by atoms with Gasteiger partial charge in [0.25, 0.3) is 11.6 Å². The van der Waals surface area contributed by atoms with Crippen LogP contribution >= 0.6 is 23.9 Å². The van der Waals surface area contributed by atoms with Crippen LogP contribution in [0.5, 0.6) is 0 Å². The van der Waals surface area contributed by atoms with Gasteiger partial charge in [-0.1, -0.05) is 6.07 Å². The van der Waals surface area contributed by atoms with Crippen LogP contribution in [0.15, 0.2) is 36.4 Å². The van der Waals surface area contributed by atoms with E-state index in [9.17, 15) is 14.9 Å². The number of nitrogens with zero attached hydrogens (tertiary/aromatic N) is 3. The number of thiocarbonyl (C=S) groups is 1. The van der Waals surface area contributed by atoms with Crippen LogP contribution in [-0.4, -0.2) is 24.7 Å². The average molecular weight is 373 g/mol. The molecule has 0 radical (unpaired) electrons. The highest BCUT2D eigenvalue weighted by Gasteiger charge is 2.15. The lowest BCUT2D eigenvalue weighted by Gasteiger charge is -2.11. The van der Waals surface area contributed by atoms with E-state index in [1.807, 2.05) is 0 Å². The van der Waals surface area contributed by atoms with Crippen molar-refractivity contribution < 1.29 is 9.72 Å². The van der Waals surface area contributed by atoms with Gasteiger partial charge in [-0.2, -0.15) is 8.75 Å². The van der Waals surface area contributed by atoms with Gasteiger partial charge in [-0.15, -0.1) is 0 Å². The maximum Gasteiger partial charge on any atom is 0.274 e. The molecule has 8 nitrogen and oxygen atoms in total. The average Bonchev–Trinajstić information content (AvgIpc) is 3.04. The Morgan fingerprint density at radius 1 is 1.24 bits per heavy atom. The summed E-state index contributed by atoms with van der Waals surface area (Å²) in [4.78, 5) is 22.8. The summed E-state index contributed by atoms with van der Waals surface area (Å²) in [6, 6.07) is 9.54. The number of carbonyl (C=O) groups excluding carboxylic acids is 1. The number of anilines is 1. The summed E-state index contributed by atoms with van der Waals surface area (Å²) < 4.78 is 8.16. The van der Waals surface area contributed by atoms with Crippen LogP contribution in [0.4, 0.5) is 11.4 Å². The summed E-state index contributed by atoms with van der Waals surface area (Å²) in [7, 11) is 0. The zero-order chi connectivity index (χ0) is 18.0. The first-order valence-electron chi connectivity index (χ1n) is 7.04. The van der Waals surface area contributed by atoms with Crippen molar-refractivity contribution in [3.05, 3.63) is 57.6 Å². The van der Waals surface area contributed by atoms with Gasteiger partial charge in [0.05, 0.1) is 27.9 Å². The molecule has 0 unspecified atom stereocenters. The maximum absolute atomic E-state index is 12.3. The SMILES string of the molecule is Cc1c(NC(=S)NC(=O)c2ccc3nsnc3c2)cccc1[N+](=O)[O-]. The van der Waals surface area contributed by atoms with Gasteiger partial charge in [0.2, 0.25) is 0 Å². The van der Waals surface area contributed by atoms with Crippen LogP contribution in [0.25, 0.3) is 11.0 Å². The van der Waals surface area contributed by atoms with E-state index in [4.69, 9.17) is 12.2 Å². The normalized spacial score (nSPS) is 10.4. The molecule has 1 heterocycles. The van der Waals surface area contributed by atoms with Gasteiger partial charge in [0, 0.05) is 11.6 Å². The molecule has 0 aliphatic heterocycles. The Morgan fingerprint density at radius 2 is 2.00 bits per heavy atom. The number of fused-ring (bicyclic) bond motifs is 1. The number of nitro groups is 1.